The van der Waals surface area contributed by atoms with Crippen LogP contribution >= 0.6 is 0 Å². The molecule has 4 N–H and O–H groups in total. The van der Waals surface area contributed by atoms with Crippen LogP contribution in [0.5, 0.6) is 0 Å². The smallest absolute Gasteiger partial charge is 0.300 e. The highest BCUT2D eigenvalue weighted by molar-refractivity contribution is 5.63. The molecule has 1 unspecified atom stereocenters. The van der Waals surface area contributed by atoms with Crippen LogP contribution in [0.2, 0.25) is 0 Å². The lowest BCUT2D eigenvalue weighted by molar-refractivity contribution is -0.135. The topological polar surface area (TPSA) is 132 Å². The molecule has 102 valence electrons. The van der Waals surface area contributed by atoms with Gasteiger partial charge in [0.05, 0.1) is 6.10 Å². The van der Waals surface area contributed by atoms with Crippen LogP contribution in [0.3, 0.4) is 0 Å². The van der Waals surface area contributed by atoms with Gasteiger partial charge in [-0.25, -0.2) is 0 Å². The molecule has 7 heteroatoms. The molecule has 0 heterocycles. The van der Waals surface area contributed by atoms with E-state index in [2.05, 4.69) is 6.58 Å². The highest BCUT2D eigenvalue weighted by atomic mass is 16.4. The minimum absolute atomic E-state index is 0.352. The maximum Gasteiger partial charge on any atom is 0.300 e. The van der Waals surface area contributed by atoms with E-state index in [1.165, 1.54) is 6.08 Å². The molecule has 0 aliphatic carbocycles. The van der Waals surface area contributed by atoms with Crippen molar-refractivity contribution >= 4 is 17.9 Å². The summed E-state index contributed by atoms with van der Waals surface area (Å²) in [6.45, 7) is 8.22. The zero-order chi connectivity index (χ0) is 15.0. The monoisotopic (exact) mass is 252 g/mol. The predicted molar refractivity (Wildman–Crippen MR) is 61.8 cm³/mol. The summed E-state index contributed by atoms with van der Waals surface area (Å²) in [4.78, 5) is 27.0. The van der Waals surface area contributed by atoms with Gasteiger partial charge >= 0.3 is 0 Å². The van der Waals surface area contributed by atoms with E-state index >= 15 is 0 Å². The van der Waals surface area contributed by atoms with Crippen molar-refractivity contribution in [2.45, 2.75) is 33.8 Å². The highest BCUT2D eigenvalue weighted by Gasteiger charge is 1.75. The molecular formula is C10H20O7. The first-order chi connectivity index (χ1) is 7.47. The van der Waals surface area contributed by atoms with E-state index in [-0.39, 0.29) is 6.10 Å². The van der Waals surface area contributed by atoms with Crippen molar-refractivity contribution in [2.24, 2.45) is 0 Å². The van der Waals surface area contributed by atoms with Gasteiger partial charge in [-0.2, -0.15) is 0 Å². The fourth-order valence-electron chi connectivity index (χ4n) is 0. The Hall–Kier alpha value is -1.89. The predicted octanol–water partition coefficient (Wildman–Crippen LogP) is 0.826. The molecular weight excluding hydrogens is 232 g/mol. The van der Waals surface area contributed by atoms with Gasteiger partial charge in [-0.15, -0.1) is 6.58 Å². The molecule has 0 aromatic carbocycles. The summed E-state index contributed by atoms with van der Waals surface area (Å²) < 4.78 is 0. The Labute approximate surface area is 100 Å². The molecule has 1 atom stereocenters. The number of hydrogen-bond acceptors (Lipinski definition) is 4. The molecule has 0 aliphatic heterocycles. The zero-order valence-electron chi connectivity index (χ0n) is 10.4. The average molecular weight is 252 g/mol. The van der Waals surface area contributed by atoms with E-state index in [0.717, 1.165) is 20.8 Å². The third-order valence-corrected chi connectivity index (χ3v) is 0.341. The summed E-state index contributed by atoms with van der Waals surface area (Å²) >= 11 is 0. The second kappa shape index (κ2) is 19.6. The summed E-state index contributed by atoms with van der Waals surface area (Å²) in [5, 5.41) is 30.5. The van der Waals surface area contributed by atoms with Gasteiger partial charge in [-0.05, 0) is 6.92 Å². The maximum absolute atomic E-state index is 9.00. The highest BCUT2D eigenvalue weighted by Crippen LogP contribution is 1.73. The van der Waals surface area contributed by atoms with Crippen LogP contribution in [-0.2, 0) is 14.4 Å². The molecule has 0 amide bonds. The van der Waals surface area contributed by atoms with Crippen LogP contribution in [0, 0.1) is 0 Å². The summed E-state index contributed by atoms with van der Waals surface area (Å²) in [7, 11) is 0. The minimum Gasteiger partial charge on any atom is -0.481 e. The average Bonchev–Trinajstić information content (AvgIpc) is 2.00. The maximum atomic E-state index is 9.00. The molecule has 0 aliphatic rings. The summed E-state index contributed by atoms with van der Waals surface area (Å²) in [5.74, 6) is -2.50. The van der Waals surface area contributed by atoms with Crippen LogP contribution in [-0.4, -0.2) is 44.4 Å². The van der Waals surface area contributed by atoms with Gasteiger partial charge in [0.2, 0.25) is 0 Å². The molecule has 7 nitrogen and oxygen atoms in total. The lowest BCUT2D eigenvalue weighted by Crippen LogP contribution is -1.88. The van der Waals surface area contributed by atoms with E-state index in [1.54, 1.807) is 6.92 Å². The number of hydrogen-bond donors (Lipinski definition) is 4. The van der Waals surface area contributed by atoms with Crippen molar-refractivity contribution in [3.63, 3.8) is 0 Å². The molecule has 0 bridgehead atoms. The number of aliphatic hydroxyl groups is 1. The fraction of sp³-hybridized carbons (Fsp3) is 0.500. The van der Waals surface area contributed by atoms with Crippen molar-refractivity contribution in [3.05, 3.63) is 12.7 Å². The van der Waals surface area contributed by atoms with Crippen LogP contribution in [0.15, 0.2) is 12.7 Å². The molecule has 0 spiro atoms. The number of aliphatic hydroxyl groups excluding tert-OH is 1. The number of carboxylic acid groups (broad SMARTS) is 3. The fourth-order valence-corrected chi connectivity index (χ4v) is 0. The van der Waals surface area contributed by atoms with Gasteiger partial charge in [0.25, 0.3) is 17.9 Å². The number of aliphatic carboxylic acids is 3. The second-order valence-corrected chi connectivity index (χ2v) is 2.53. The summed E-state index contributed by atoms with van der Waals surface area (Å²) in [6.07, 6.45) is 1.12. The summed E-state index contributed by atoms with van der Waals surface area (Å²) in [6, 6.07) is 0. The Bertz CT molecular complexity index is 180. The van der Waals surface area contributed by atoms with Crippen LogP contribution in [0.4, 0.5) is 0 Å². The largest absolute Gasteiger partial charge is 0.481 e. The molecule has 17 heavy (non-hydrogen) atoms. The van der Waals surface area contributed by atoms with E-state index < -0.39 is 17.9 Å². The SMILES string of the molecule is C=CC(C)O.CC(=O)O.CC(=O)O.CC(=O)O. The van der Waals surface area contributed by atoms with Gasteiger partial charge < -0.3 is 20.4 Å². The van der Waals surface area contributed by atoms with Gasteiger partial charge in [0.1, 0.15) is 0 Å². The van der Waals surface area contributed by atoms with Crippen molar-refractivity contribution in [1.82, 2.24) is 0 Å². The second-order valence-electron chi connectivity index (χ2n) is 2.53. The van der Waals surface area contributed by atoms with E-state index in [4.69, 9.17) is 34.8 Å². The first kappa shape index (κ1) is 24.4. The van der Waals surface area contributed by atoms with Gasteiger partial charge in [-0.1, -0.05) is 6.08 Å². The molecule has 0 saturated heterocycles. The van der Waals surface area contributed by atoms with Gasteiger partial charge in [0, 0.05) is 20.8 Å². The van der Waals surface area contributed by atoms with Crippen molar-refractivity contribution in [1.29, 1.82) is 0 Å². The summed E-state index contributed by atoms with van der Waals surface area (Å²) in [5.41, 5.74) is 0. The minimum atomic E-state index is -0.833. The lowest BCUT2D eigenvalue weighted by atomic mass is 10.4. The normalized spacial score (nSPS) is 8.53. The van der Waals surface area contributed by atoms with Gasteiger partial charge in [0.15, 0.2) is 0 Å². The number of carbonyl (C=O) groups is 3. The first-order valence-electron chi connectivity index (χ1n) is 4.36. The number of carboxylic acids is 3. The molecule has 0 radical (unpaired) electrons. The first-order valence-corrected chi connectivity index (χ1v) is 4.36. The molecule has 0 fully saturated rings. The molecule has 0 saturated carbocycles. The standard InChI is InChI=1S/C4H8O.3C2H4O2/c1-3-4(2)5;3*1-2(3)4/h3-5H,1H2,2H3;3*1H3,(H,3,4). The van der Waals surface area contributed by atoms with E-state index in [1.807, 2.05) is 0 Å². The van der Waals surface area contributed by atoms with Crippen LogP contribution in [0.1, 0.15) is 27.7 Å². The molecule has 0 aromatic heterocycles. The third-order valence-electron chi connectivity index (χ3n) is 0.341. The third kappa shape index (κ3) is 171000. The van der Waals surface area contributed by atoms with Gasteiger partial charge in [-0.3, -0.25) is 14.4 Å². The van der Waals surface area contributed by atoms with Crippen LogP contribution < -0.4 is 0 Å². The van der Waals surface area contributed by atoms with E-state index in [0.29, 0.717) is 0 Å². The lowest BCUT2D eigenvalue weighted by Gasteiger charge is -1.84. The molecule has 0 aromatic rings. The Morgan fingerprint density at radius 2 is 1.00 bits per heavy atom. The molecule has 0 rings (SSSR count). The van der Waals surface area contributed by atoms with E-state index in [9.17, 15) is 0 Å². The quantitative estimate of drug-likeness (QED) is 0.508. The van der Waals surface area contributed by atoms with Crippen LogP contribution in [0.25, 0.3) is 0 Å². The van der Waals surface area contributed by atoms with Crippen molar-refractivity contribution < 1.29 is 34.8 Å². The Kier molecular flexibility index (Phi) is 28.2. The van der Waals surface area contributed by atoms with Crippen molar-refractivity contribution in [3.8, 4) is 0 Å². The Morgan fingerprint density at radius 3 is 1.00 bits per heavy atom. The Morgan fingerprint density at radius 1 is 0.941 bits per heavy atom. The number of rotatable bonds is 1. The zero-order valence-corrected chi connectivity index (χ0v) is 10.4. The van der Waals surface area contributed by atoms with Crippen molar-refractivity contribution in [2.75, 3.05) is 0 Å². The Balaban J connectivity index is -0.0000000667.